The number of methoxy groups -OCH3 is 1. The Morgan fingerprint density at radius 3 is 2.83 bits per heavy atom. The van der Waals surface area contributed by atoms with Crippen molar-refractivity contribution in [1.29, 1.82) is 0 Å². The number of ether oxygens (including phenoxy) is 1. The van der Waals surface area contributed by atoms with E-state index in [4.69, 9.17) is 4.74 Å². The van der Waals surface area contributed by atoms with E-state index in [-0.39, 0.29) is 0 Å². The Hall–Kier alpha value is -1.30. The second kappa shape index (κ2) is 7.20. The maximum Gasteiger partial charge on any atom is 0.170 e. The Bertz CT molecular complexity index is 442. The van der Waals surface area contributed by atoms with Crippen molar-refractivity contribution in [2.75, 3.05) is 20.3 Å². The third-order valence-corrected chi connectivity index (χ3v) is 3.35. The highest BCUT2D eigenvalue weighted by atomic mass is 32.2. The summed E-state index contributed by atoms with van der Waals surface area (Å²) >= 11 is 1.63. The molecule has 4 nitrogen and oxygen atoms in total. The van der Waals surface area contributed by atoms with Crippen LogP contribution in [0.15, 0.2) is 46.7 Å². The first-order valence-electron chi connectivity index (χ1n) is 5.84. The largest absolute Gasteiger partial charge is 0.383 e. The lowest BCUT2D eigenvalue weighted by Gasteiger charge is -2.05. The fourth-order valence-corrected chi connectivity index (χ4v) is 2.24. The molecule has 0 unspecified atom stereocenters. The molecule has 0 radical (unpaired) electrons. The highest BCUT2D eigenvalue weighted by Gasteiger charge is 1.99. The highest BCUT2D eigenvalue weighted by Crippen LogP contribution is 2.24. The zero-order chi connectivity index (χ0) is 12.6. The number of nitrogens with one attached hydrogen (secondary N) is 2. The maximum atomic E-state index is 4.98. The van der Waals surface area contributed by atoms with Crippen LogP contribution in [0.25, 0.3) is 0 Å². The minimum Gasteiger partial charge on any atom is -0.383 e. The summed E-state index contributed by atoms with van der Waals surface area (Å²) in [6.45, 7) is 2.49. The van der Waals surface area contributed by atoms with Crippen LogP contribution in [0.1, 0.15) is 5.56 Å². The van der Waals surface area contributed by atoms with Crippen molar-refractivity contribution < 1.29 is 4.74 Å². The molecule has 0 aliphatic heterocycles. The minimum absolute atomic E-state index is 0.742. The Morgan fingerprint density at radius 2 is 2.17 bits per heavy atom. The molecule has 1 aromatic heterocycles. The van der Waals surface area contributed by atoms with E-state index in [0.29, 0.717) is 0 Å². The number of rotatable bonds is 7. The van der Waals surface area contributed by atoms with Gasteiger partial charge in [-0.15, -0.1) is 0 Å². The first kappa shape index (κ1) is 13.1. The smallest absolute Gasteiger partial charge is 0.170 e. The highest BCUT2D eigenvalue weighted by molar-refractivity contribution is 7.99. The van der Waals surface area contributed by atoms with Crippen LogP contribution < -0.4 is 5.32 Å². The molecule has 0 spiro atoms. The van der Waals surface area contributed by atoms with Crippen LogP contribution >= 0.6 is 11.8 Å². The number of H-pyrrole nitrogens is 1. The molecule has 0 aliphatic carbocycles. The van der Waals surface area contributed by atoms with E-state index in [1.807, 2.05) is 6.20 Å². The lowest BCUT2D eigenvalue weighted by atomic mass is 10.2. The van der Waals surface area contributed by atoms with E-state index in [2.05, 4.69) is 39.6 Å². The molecule has 0 atom stereocenters. The predicted octanol–water partition coefficient (Wildman–Crippen LogP) is 2.30. The van der Waals surface area contributed by atoms with Gasteiger partial charge >= 0.3 is 0 Å². The average Bonchev–Trinajstić information content (AvgIpc) is 2.89. The Balaban J connectivity index is 1.82. The van der Waals surface area contributed by atoms with E-state index in [1.165, 1.54) is 10.5 Å². The van der Waals surface area contributed by atoms with Gasteiger partial charge in [-0.05, 0) is 17.7 Å². The molecule has 0 saturated carbocycles. The molecule has 0 aliphatic rings. The molecular formula is C13H17N3OS. The summed E-state index contributed by atoms with van der Waals surface area (Å²) in [5.74, 6) is 0. The first-order chi connectivity index (χ1) is 8.88. The molecule has 96 valence electrons. The Morgan fingerprint density at radius 1 is 1.33 bits per heavy atom. The summed E-state index contributed by atoms with van der Waals surface area (Å²) in [5, 5.41) is 4.23. The van der Waals surface area contributed by atoms with E-state index < -0.39 is 0 Å². The number of aromatic amines is 1. The van der Waals surface area contributed by atoms with Crippen LogP contribution in [-0.2, 0) is 11.3 Å². The number of aromatic nitrogens is 2. The van der Waals surface area contributed by atoms with Gasteiger partial charge < -0.3 is 15.0 Å². The second-order valence-corrected chi connectivity index (χ2v) is 4.87. The quantitative estimate of drug-likeness (QED) is 0.753. The van der Waals surface area contributed by atoms with Crippen molar-refractivity contribution in [2.24, 2.45) is 0 Å². The number of benzene rings is 1. The fourth-order valence-electron chi connectivity index (χ4n) is 1.50. The first-order valence-corrected chi connectivity index (χ1v) is 6.66. The van der Waals surface area contributed by atoms with E-state index in [9.17, 15) is 0 Å². The maximum absolute atomic E-state index is 4.98. The molecule has 5 heteroatoms. The van der Waals surface area contributed by atoms with Crippen molar-refractivity contribution >= 4 is 11.8 Å². The molecule has 2 rings (SSSR count). The number of hydrogen-bond acceptors (Lipinski definition) is 4. The van der Waals surface area contributed by atoms with Gasteiger partial charge in [-0.1, -0.05) is 23.9 Å². The molecule has 2 N–H and O–H groups in total. The van der Waals surface area contributed by atoms with Crippen LogP contribution in [0.4, 0.5) is 0 Å². The summed E-state index contributed by atoms with van der Waals surface area (Å²) in [4.78, 5) is 8.45. The predicted molar refractivity (Wildman–Crippen MR) is 72.7 cm³/mol. The zero-order valence-electron chi connectivity index (χ0n) is 10.3. The SMILES string of the molecule is COCCNCc1ccc(Sc2ncc[nH]2)cc1. The van der Waals surface area contributed by atoms with Gasteiger partial charge in [0.15, 0.2) is 5.16 Å². The fraction of sp³-hybridized carbons (Fsp3) is 0.308. The summed E-state index contributed by atoms with van der Waals surface area (Å²) in [7, 11) is 1.71. The van der Waals surface area contributed by atoms with Crippen molar-refractivity contribution in [3.8, 4) is 0 Å². The number of imidazole rings is 1. The normalized spacial score (nSPS) is 10.7. The topological polar surface area (TPSA) is 49.9 Å². The Kier molecular flexibility index (Phi) is 5.26. The number of nitrogens with zero attached hydrogens (tertiary/aromatic N) is 1. The lowest BCUT2D eigenvalue weighted by Crippen LogP contribution is -2.18. The zero-order valence-corrected chi connectivity index (χ0v) is 11.2. The third kappa shape index (κ3) is 4.18. The van der Waals surface area contributed by atoms with Crippen molar-refractivity contribution in [2.45, 2.75) is 16.6 Å². The van der Waals surface area contributed by atoms with Crippen molar-refractivity contribution in [3.63, 3.8) is 0 Å². The third-order valence-electron chi connectivity index (χ3n) is 2.42. The van der Waals surface area contributed by atoms with Gasteiger partial charge in [-0.3, -0.25) is 0 Å². The molecular weight excluding hydrogens is 246 g/mol. The van der Waals surface area contributed by atoms with Crippen molar-refractivity contribution in [3.05, 3.63) is 42.2 Å². The van der Waals surface area contributed by atoms with Crippen LogP contribution in [0.5, 0.6) is 0 Å². The van der Waals surface area contributed by atoms with Crippen molar-refractivity contribution in [1.82, 2.24) is 15.3 Å². The molecule has 0 amide bonds. The lowest BCUT2D eigenvalue weighted by molar-refractivity contribution is 0.199. The van der Waals surface area contributed by atoms with Gasteiger partial charge in [0.05, 0.1) is 6.61 Å². The van der Waals surface area contributed by atoms with Gasteiger partial charge in [0.2, 0.25) is 0 Å². The van der Waals surface area contributed by atoms with Crippen LogP contribution in [0.3, 0.4) is 0 Å². The van der Waals surface area contributed by atoms with Gasteiger partial charge in [0.25, 0.3) is 0 Å². The van der Waals surface area contributed by atoms with Crippen LogP contribution in [-0.4, -0.2) is 30.2 Å². The molecule has 1 aromatic carbocycles. The van der Waals surface area contributed by atoms with Gasteiger partial charge in [0, 0.05) is 37.5 Å². The number of hydrogen-bond donors (Lipinski definition) is 2. The molecule has 2 aromatic rings. The Labute approximate surface area is 111 Å². The minimum atomic E-state index is 0.742. The average molecular weight is 263 g/mol. The van der Waals surface area contributed by atoms with Gasteiger partial charge in [-0.2, -0.15) is 0 Å². The summed E-state index contributed by atoms with van der Waals surface area (Å²) in [6, 6.07) is 8.48. The molecule has 18 heavy (non-hydrogen) atoms. The summed E-state index contributed by atoms with van der Waals surface area (Å²) < 4.78 is 4.98. The van der Waals surface area contributed by atoms with Gasteiger partial charge in [0.1, 0.15) is 0 Å². The van der Waals surface area contributed by atoms with E-state index >= 15 is 0 Å². The molecule has 1 heterocycles. The molecule has 0 fully saturated rings. The summed E-state index contributed by atoms with van der Waals surface area (Å²) in [5.41, 5.74) is 1.27. The molecule has 0 saturated heterocycles. The standard InChI is InChI=1S/C13H17N3OS/c1-17-9-8-14-10-11-2-4-12(5-3-11)18-13-15-6-7-16-13/h2-7,14H,8-10H2,1H3,(H,15,16). The monoisotopic (exact) mass is 263 g/mol. The van der Waals surface area contributed by atoms with Crippen LogP contribution in [0.2, 0.25) is 0 Å². The van der Waals surface area contributed by atoms with E-state index in [1.54, 1.807) is 25.1 Å². The molecule has 0 bridgehead atoms. The van der Waals surface area contributed by atoms with Crippen LogP contribution in [0, 0.1) is 0 Å². The van der Waals surface area contributed by atoms with Gasteiger partial charge in [-0.25, -0.2) is 4.98 Å². The second-order valence-electron chi connectivity index (χ2n) is 3.81. The van der Waals surface area contributed by atoms with E-state index in [0.717, 1.165) is 24.9 Å². The summed E-state index contributed by atoms with van der Waals surface area (Å²) in [6.07, 6.45) is 3.59.